The summed E-state index contributed by atoms with van der Waals surface area (Å²) in [5, 5.41) is 9.05. The van der Waals surface area contributed by atoms with Gasteiger partial charge in [-0.15, -0.1) is 0 Å². The van der Waals surface area contributed by atoms with Crippen molar-refractivity contribution in [3.05, 3.63) is 35.9 Å². The number of rotatable bonds is 2. The van der Waals surface area contributed by atoms with Crippen LogP contribution >= 0.6 is 0 Å². The van der Waals surface area contributed by atoms with Crippen molar-refractivity contribution in [2.75, 3.05) is 19.6 Å². The number of fused-ring (bicyclic) bond motifs is 1. The summed E-state index contributed by atoms with van der Waals surface area (Å²) in [6.07, 6.45) is 4.98. The quantitative estimate of drug-likeness (QED) is 0.840. The van der Waals surface area contributed by atoms with Crippen molar-refractivity contribution < 1.29 is 4.79 Å². The minimum atomic E-state index is 0.136. The molecule has 1 amide bonds. The monoisotopic (exact) mass is 323 g/mol. The van der Waals surface area contributed by atoms with Gasteiger partial charge >= 0.3 is 0 Å². The zero-order chi connectivity index (χ0) is 16.5. The molecule has 3 aliphatic rings. The second-order valence-electron chi connectivity index (χ2n) is 7.44. The van der Waals surface area contributed by atoms with Crippen molar-refractivity contribution in [3.63, 3.8) is 0 Å². The van der Waals surface area contributed by atoms with Gasteiger partial charge in [0, 0.05) is 31.1 Å². The fourth-order valence-electron chi connectivity index (χ4n) is 4.90. The Morgan fingerprint density at radius 1 is 1.08 bits per heavy atom. The molecule has 4 nitrogen and oxygen atoms in total. The largest absolute Gasteiger partial charge is 0.342 e. The van der Waals surface area contributed by atoms with Crippen LogP contribution in [0, 0.1) is 23.2 Å². The maximum absolute atomic E-state index is 13.1. The molecule has 0 spiro atoms. The number of hydrogen-bond acceptors (Lipinski definition) is 3. The van der Waals surface area contributed by atoms with Gasteiger partial charge in [0.2, 0.25) is 5.91 Å². The molecule has 4 rings (SSSR count). The molecule has 24 heavy (non-hydrogen) atoms. The highest BCUT2D eigenvalue weighted by atomic mass is 16.2. The Morgan fingerprint density at radius 2 is 1.83 bits per heavy atom. The van der Waals surface area contributed by atoms with Crippen molar-refractivity contribution in [2.24, 2.45) is 11.8 Å². The highest BCUT2D eigenvalue weighted by Gasteiger charge is 2.48. The van der Waals surface area contributed by atoms with Gasteiger partial charge in [0.15, 0.2) is 0 Å². The van der Waals surface area contributed by atoms with Crippen molar-refractivity contribution in [2.45, 2.75) is 44.2 Å². The van der Waals surface area contributed by atoms with E-state index in [1.807, 2.05) is 4.90 Å². The van der Waals surface area contributed by atoms with Crippen molar-refractivity contribution in [1.29, 1.82) is 5.26 Å². The Bertz CT molecular complexity index is 630. The highest BCUT2D eigenvalue weighted by molar-refractivity contribution is 5.80. The van der Waals surface area contributed by atoms with Crippen LogP contribution in [-0.2, 0) is 4.79 Å². The van der Waals surface area contributed by atoms with Crippen LogP contribution in [0.4, 0.5) is 0 Å². The van der Waals surface area contributed by atoms with E-state index >= 15 is 0 Å². The Morgan fingerprint density at radius 3 is 2.54 bits per heavy atom. The molecular formula is C20H25N3O. The number of nitrogens with zero attached hydrogens (tertiary/aromatic N) is 3. The van der Waals surface area contributed by atoms with Gasteiger partial charge in [-0.25, -0.2) is 0 Å². The van der Waals surface area contributed by atoms with Gasteiger partial charge in [0.05, 0.1) is 12.0 Å². The van der Waals surface area contributed by atoms with Gasteiger partial charge in [-0.1, -0.05) is 30.3 Å². The molecule has 0 radical (unpaired) electrons. The summed E-state index contributed by atoms with van der Waals surface area (Å²) in [7, 11) is 0. The lowest BCUT2D eigenvalue weighted by Gasteiger charge is -2.32. The zero-order valence-corrected chi connectivity index (χ0v) is 14.1. The van der Waals surface area contributed by atoms with Gasteiger partial charge in [-0.2, -0.15) is 5.26 Å². The average molecular weight is 323 g/mol. The smallest absolute Gasteiger partial charge is 0.227 e. The summed E-state index contributed by atoms with van der Waals surface area (Å²) in [6, 6.07) is 13.8. The molecular weight excluding hydrogens is 298 g/mol. The van der Waals surface area contributed by atoms with E-state index in [9.17, 15) is 4.79 Å². The Labute approximate surface area is 144 Å². The fraction of sp³-hybridized carbons (Fsp3) is 0.600. The molecule has 4 heteroatoms. The third-order valence-corrected chi connectivity index (χ3v) is 6.17. The van der Waals surface area contributed by atoms with Gasteiger partial charge in [0.1, 0.15) is 0 Å². The number of likely N-dealkylation sites (tertiary alicyclic amines) is 1. The topological polar surface area (TPSA) is 47.3 Å². The third kappa shape index (κ3) is 2.71. The van der Waals surface area contributed by atoms with Crippen LogP contribution < -0.4 is 0 Å². The molecule has 0 saturated carbocycles. The summed E-state index contributed by atoms with van der Waals surface area (Å²) < 4.78 is 0. The molecule has 3 aliphatic heterocycles. The predicted molar refractivity (Wildman–Crippen MR) is 91.9 cm³/mol. The third-order valence-electron chi connectivity index (χ3n) is 6.17. The molecule has 1 aromatic rings. The Balaban J connectivity index is 1.49. The van der Waals surface area contributed by atoms with Crippen LogP contribution in [0.15, 0.2) is 30.3 Å². The van der Waals surface area contributed by atoms with E-state index in [-0.39, 0.29) is 11.8 Å². The molecule has 1 aromatic carbocycles. The van der Waals surface area contributed by atoms with E-state index in [1.54, 1.807) is 0 Å². The molecule has 0 aliphatic carbocycles. The zero-order valence-electron chi connectivity index (χ0n) is 14.1. The van der Waals surface area contributed by atoms with E-state index in [2.05, 4.69) is 41.3 Å². The number of amides is 1. The van der Waals surface area contributed by atoms with Crippen LogP contribution in [0.2, 0.25) is 0 Å². The lowest BCUT2D eigenvalue weighted by Crippen LogP contribution is -2.44. The van der Waals surface area contributed by atoms with Crippen molar-refractivity contribution in [1.82, 2.24) is 9.80 Å². The van der Waals surface area contributed by atoms with Gasteiger partial charge in [0.25, 0.3) is 0 Å². The Kier molecular flexibility index (Phi) is 4.28. The first-order valence-corrected chi connectivity index (χ1v) is 9.27. The summed E-state index contributed by atoms with van der Waals surface area (Å²) >= 11 is 0. The number of carbonyl (C=O) groups excluding carboxylic acids is 1. The highest BCUT2D eigenvalue weighted by Crippen LogP contribution is 2.45. The first kappa shape index (κ1) is 15.7. The normalized spacial score (nSPS) is 31.0. The number of piperidine rings is 1. The van der Waals surface area contributed by atoms with E-state index in [4.69, 9.17) is 5.26 Å². The summed E-state index contributed by atoms with van der Waals surface area (Å²) in [5.74, 6) is 0.607. The number of nitriles is 1. The molecule has 0 bridgehead atoms. The first-order chi connectivity index (χ1) is 11.8. The number of hydrogen-bond donors (Lipinski definition) is 0. The minimum absolute atomic E-state index is 0.136. The average Bonchev–Trinajstić information content (AvgIpc) is 3.24. The molecule has 0 unspecified atom stereocenters. The van der Waals surface area contributed by atoms with E-state index in [0.29, 0.717) is 18.0 Å². The SMILES string of the molecule is N#CC1CCN(C(=O)[C@H]2C[C@@H](c3ccccc3)N3CCC[C@H]23)CC1. The van der Waals surface area contributed by atoms with E-state index < -0.39 is 0 Å². The molecule has 126 valence electrons. The minimum Gasteiger partial charge on any atom is -0.342 e. The van der Waals surface area contributed by atoms with Crippen LogP contribution in [0.25, 0.3) is 0 Å². The van der Waals surface area contributed by atoms with Crippen LogP contribution in [-0.4, -0.2) is 41.4 Å². The van der Waals surface area contributed by atoms with Gasteiger partial charge in [-0.3, -0.25) is 9.69 Å². The maximum atomic E-state index is 13.1. The van der Waals surface area contributed by atoms with Crippen LogP contribution in [0.5, 0.6) is 0 Å². The number of benzene rings is 1. The predicted octanol–water partition coefficient (Wildman–Crippen LogP) is 2.97. The first-order valence-electron chi connectivity index (χ1n) is 9.27. The van der Waals surface area contributed by atoms with Crippen LogP contribution in [0.3, 0.4) is 0 Å². The molecule has 0 N–H and O–H groups in total. The molecule has 3 saturated heterocycles. The van der Waals surface area contributed by atoms with Gasteiger partial charge < -0.3 is 4.90 Å². The van der Waals surface area contributed by atoms with Crippen molar-refractivity contribution >= 4 is 5.91 Å². The second kappa shape index (κ2) is 6.57. The molecule has 3 fully saturated rings. The standard InChI is InChI=1S/C20H25N3O/c21-14-15-8-11-22(12-9-15)20(24)17-13-19(16-5-2-1-3-6-16)23-10-4-7-18(17)23/h1-3,5-6,15,17-19H,4,7-13H2/t17-,18+,19-/m0/s1. The maximum Gasteiger partial charge on any atom is 0.227 e. The summed E-state index contributed by atoms with van der Waals surface area (Å²) in [5.41, 5.74) is 1.35. The second-order valence-corrected chi connectivity index (χ2v) is 7.44. The molecule has 0 aromatic heterocycles. The van der Waals surface area contributed by atoms with E-state index in [0.717, 1.165) is 45.3 Å². The lowest BCUT2D eigenvalue weighted by molar-refractivity contribution is -0.137. The van der Waals surface area contributed by atoms with Crippen LogP contribution in [0.1, 0.15) is 43.7 Å². The van der Waals surface area contributed by atoms with E-state index in [1.165, 1.54) is 12.0 Å². The molecule has 3 heterocycles. The van der Waals surface area contributed by atoms with Crippen molar-refractivity contribution in [3.8, 4) is 6.07 Å². The molecule has 3 atom stereocenters. The lowest BCUT2D eigenvalue weighted by atomic mass is 9.91. The number of carbonyl (C=O) groups is 1. The van der Waals surface area contributed by atoms with Gasteiger partial charge in [-0.05, 0) is 44.2 Å². The summed E-state index contributed by atoms with van der Waals surface area (Å²) in [4.78, 5) is 17.7. The Hall–Kier alpha value is -1.86. The fourth-order valence-corrected chi connectivity index (χ4v) is 4.90. The summed E-state index contributed by atoms with van der Waals surface area (Å²) in [6.45, 7) is 2.64.